The van der Waals surface area contributed by atoms with Gasteiger partial charge in [0, 0.05) is 19.4 Å². The maximum Gasteiger partial charge on any atom is 0.308 e. The summed E-state index contributed by atoms with van der Waals surface area (Å²) in [6.45, 7) is 11.5. The molecular formula is C51H99NO6. The molecule has 7 nitrogen and oxygen atoms in total. The van der Waals surface area contributed by atoms with Crippen LogP contribution in [0.4, 0.5) is 0 Å². The van der Waals surface area contributed by atoms with E-state index in [0.717, 1.165) is 103 Å². The van der Waals surface area contributed by atoms with Gasteiger partial charge in [0.2, 0.25) is 0 Å². The SMILES string of the molecule is CCCCCC(CCCCC)CC(=O)OCCCCCCCCCC(CCCCCCCCCOC(=O)CC(CCCCC)CCCCC)C(=O)OCCCN(C)C. The van der Waals surface area contributed by atoms with Crippen molar-refractivity contribution >= 4 is 17.9 Å². The minimum atomic E-state index is 0.00401. The zero-order valence-corrected chi connectivity index (χ0v) is 39.7. The van der Waals surface area contributed by atoms with Gasteiger partial charge in [0.25, 0.3) is 0 Å². The van der Waals surface area contributed by atoms with Crippen molar-refractivity contribution in [1.82, 2.24) is 4.90 Å². The Morgan fingerprint density at radius 3 is 1.03 bits per heavy atom. The highest BCUT2D eigenvalue weighted by Gasteiger charge is 2.20. The monoisotopic (exact) mass is 822 g/mol. The van der Waals surface area contributed by atoms with Crippen molar-refractivity contribution in [2.24, 2.45) is 17.8 Å². The van der Waals surface area contributed by atoms with E-state index < -0.39 is 0 Å². The Morgan fingerprint density at radius 1 is 0.379 bits per heavy atom. The van der Waals surface area contributed by atoms with Crippen LogP contribution in [0.5, 0.6) is 0 Å². The molecule has 0 saturated heterocycles. The molecule has 0 heterocycles. The van der Waals surface area contributed by atoms with Crippen molar-refractivity contribution in [2.45, 2.75) is 252 Å². The summed E-state index contributed by atoms with van der Waals surface area (Å²) in [5.74, 6) is 1.01. The van der Waals surface area contributed by atoms with Gasteiger partial charge in [-0.2, -0.15) is 0 Å². The minimum Gasteiger partial charge on any atom is -0.466 e. The van der Waals surface area contributed by atoms with Crippen molar-refractivity contribution in [3.05, 3.63) is 0 Å². The van der Waals surface area contributed by atoms with Crippen molar-refractivity contribution in [2.75, 3.05) is 40.5 Å². The molecule has 58 heavy (non-hydrogen) atoms. The van der Waals surface area contributed by atoms with Gasteiger partial charge in [-0.3, -0.25) is 14.4 Å². The maximum absolute atomic E-state index is 13.1. The molecule has 0 aliphatic rings. The molecule has 0 fully saturated rings. The molecule has 0 spiro atoms. The predicted octanol–water partition coefficient (Wildman–Crippen LogP) is 14.8. The summed E-state index contributed by atoms with van der Waals surface area (Å²) in [4.78, 5) is 40.2. The second kappa shape index (κ2) is 43.5. The molecule has 0 N–H and O–H groups in total. The number of hydrogen-bond donors (Lipinski definition) is 0. The number of unbranched alkanes of at least 4 members (excludes halogenated alkanes) is 20. The molecule has 0 rings (SSSR count). The summed E-state index contributed by atoms with van der Waals surface area (Å²) >= 11 is 0. The lowest BCUT2D eigenvalue weighted by atomic mass is 9.92. The van der Waals surface area contributed by atoms with Gasteiger partial charge >= 0.3 is 17.9 Å². The van der Waals surface area contributed by atoms with E-state index in [-0.39, 0.29) is 23.8 Å². The van der Waals surface area contributed by atoms with Crippen LogP contribution < -0.4 is 0 Å². The average molecular weight is 822 g/mol. The van der Waals surface area contributed by atoms with Gasteiger partial charge in [0.05, 0.1) is 25.7 Å². The van der Waals surface area contributed by atoms with Crippen molar-refractivity contribution < 1.29 is 28.6 Å². The molecule has 0 atom stereocenters. The van der Waals surface area contributed by atoms with E-state index in [1.54, 1.807) is 0 Å². The van der Waals surface area contributed by atoms with E-state index in [1.165, 1.54) is 116 Å². The zero-order chi connectivity index (χ0) is 42.7. The first-order valence-electron chi connectivity index (χ1n) is 25.4. The van der Waals surface area contributed by atoms with Crippen molar-refractivity contribution in [3.8, 4) is 0 Å². The number of carbonyl (C=O) groups is 3. The van der Waals surface area contributed by atoms with E-state index in [2.05, 4.69) is 46.7 Å². The highest BCUT2D eigenvalue weighted by atomic mass is 16.5. The van der Waals surface area contributed by atoms with E-state index in [0.29, 0.717) is 44.5 Å². The fraction of sp³-hybridized carbons (Fsp3) is 0.941. The lowest BCUT2D eigenvalue weighted by molar-refractivity contribution is -0.149. The summed E-state index contributed by atoms with van der Waals surface area (Å²) in [6.07, 6.45) is 39.2. The molecule has 7 heteroatoms. The first kappa shape index (κ1) is 56.4. The number of esters is 3. The normalized spacial score (nSPS) is 11.7. The first-order chi connectivity index (χ1) is 28.3. The second-order valence-corrected chi connectivity index (χ2v) is 18.1. The van der Waals surface area contributed by atoms with Gasteiger partial charge in [-0.05, 0) is 83.7 Å². The molecule has 0 aromatic heterocycles. The molecular weight excluding hydrogens is 723 g/mol. The zero-order valence-electron chi connectivity index (χ0n) is 39.7. The molecule has 0 aromatic carbocycles. The Bertz CT molecular complexity index is 831. The molecule has 0 unspecified atom stereocenters. The van der Waals surface area contributed by atoms with Crippen LogP contribution >= 0.6 is 0 Å². The molecule has 0 aromatic rings. The third-order valence-electron chi connectivity index (χ3n) is 12.0. The summed E-state index contributed by atoms with van der Waals surface area (Å²) in [7, 11) is 4.10. The molecule has 0 bridgehead atoms. The smallest absolute Gasteiger partial charge is 0.308 e. The lowest BCUT2D eigenvalue weighted by Crippen LogP contribution is -2.21. The highest BCUT2D eigenvalue weighted by Crippen LogP contribution is 2.24. The largest absolute Gasteiger partial charge is 0.466 e. The van der Waals surface area contributed by atoms with Gasteiger partial charge in [0.1, 0.15) is 0 Å². The topological polar surface area (TPSA) is 82.1 Å². The Morgan fingerprint density at radius 2 is 0.690 bits per heavy atom. The van der Waals surface area contributed by atoms with Crippen LogP contribution in [0.2, 0.25) is 0 Å². The average Bonchev–Trinajstić information content (AvgIpc) is 3.20. The van der Waals surface area contributed by atoms with Crippen molar-refractivity contribution in [1.29, 1.82) is 0 Å². The van der Waals surface area contributed by atoms with Gasteiger partial charge < -0.3 is 19.1 Å². The Hall–Kier alpha value is -1.63. The molecule has 0 aliphatic carbocycles. The lowest BCUT2D eigenvalue weighted by Gasteiger charge is -2.17. The fourth-order valence-electron chi connectivity index (χ4n) is 8.20. The standard InChI is InChI=1S/C51H99NO6/c1-7-11-25-34-46(35-26-12-8-2)44-49(53)56-41-31-23-19-15-17-21-29-38-48(51(55)58-43-33-40-52(5)6)39-30-22-18-16-20-24-32-42-57-50(54)45-47(36-27-13-9-3)37-28-14-10-4/h46-48H,7-45H2,1-6H3. The van der Waals surface area contributed by atoms with Crippen LogP contribution in [0.1, 0.15) is 252 Å². The van der Waals surface area contributed by atoms with Crippen molar-refractivity contribution in [3.63, 3.8) is 0 Å². The summed E-state index contributed by atoms with van der Waals surface area (Å²) < 4.78 is 17.0. The van der Waals surface area contributed by atoms with E-state index in [9.17, 15) is 14.4 Å². The molecule has 0 aliphatic heterocycles. The Balaban J connectivity index is 4.26. The first-order valence-corrected chi connectivity index (χ1v) is 25.4. The molecule has 0 saturated carbocycles. The third kappa shape index (κ3) is 38.6. The van der Waals surface area contributed by atoms with Crippen LogP contribution in [0, 0.1) is 17.8 Å². The number of nitrogens with zero attached hydrogens (tertiary/aromatic N) is 1. The third-order valence-corrected chi connectivity index (χ3v) is 12.0. The number of rotatable bonds is 45. The predicted molar refractivity (Wildman–Crippen MR) is 246 cm³/mol. The van der Waals surface area contributed by atoms with E-state index in [1.807, 2.05) is 0 Å². The quantitative estimate of drug-likeness (QED) is 0.0344. The number of ether oxygens (including phenoxy) is 3. The molecule has 0 radical (unpaired) electrons. The Labute approximate surface area is 361 Å². The summed E-state index contributed by atoms with van der Waals surface area (Å²) in [6, 6.07) is 0. The second-order valence-electron chi connectivity index (χ2n) is 18.1. The Kier molecular flexibility index (Phi) is 42.2. The fourth-order valence-corrected chi connectivity index (χ4v) is 8.20. The van der Waals surface area contributed by atoms with E-state index >= 15 is 0 Å². The van der Waals surface area contributed by atoms with Gasteiger partial charge in [-0.25, -0.2) is 0 Å². The summed E-state index contributed by atoms with van der Waals surface area (Å²) in [5.41, 5.74) is 0. The highest BCUT2D eigenvalue weighted by molar-refractivity contribution is 5.72. The van der Waals surface area contributed by atoms with Crippen LogP contribution in [0.3, 0.4) is 0 Å². The van der Waals surface area contributed by atoms with Gasteiger partial charge in [-0.15, -0.1) is 0 Å². The summed E-state index contributed by atoms with van der Waals surface area (Å²) in [5, 5.41) is 0. The van der Waals surface area contributed by atoms with Crippen LogP contribution in [-0.2, 0) is 28.6 Å². The molecule has 344 valence electrons. The molecule has 0 amide bonds. The van der Waals surface area contributed by atoms with Crippen LogP contribution in [0.25, 0.3) is 0 Å². The van der Waals surface area contributed by atoms with Crippen LogP contribution in [0.15, 0.2) is 0 Å². The van der Waals surface area contributed by atoms with Gasteiger partial charge in [-0.1, -0.05) is 182 Å². The number of hydrogen-bond acceptors (Lipinski definition) is 7. The van der Waals surface area contributed by atoms with Gasteiger partial charge in [0.15, 0.2) is 0 Å². The maximum atomic E-state index is 13.1. The van der Waals surface area contributed by atoms with E-state index in [4.69, 9.17) is 14.2 Å². The minimum absolute atomic E-state index is 0.00401. The van der Waals surface area contributed by atoms with Crippen LogP contribution in [-0.4, -0.2) is 63.3 Å². The number of carbonyl (C=O) groups excluding carboxylic acids is 3.